The largest absolute Gasteiger partial charge is 0.238 e. The van der Waals surface area contributed by atoms with Gasteiger partial charge in [0.25, 0.3) is 0 Å². The SMILES string of the molecule is [C-]#[N+]c1ccc(C2=CCCCC2)cc1. The zero-order chi connectivity index (χ0) is 9.80. The topological polar surface area (TPSA) is 4.36 Å². The summed E-state index contributed by atoms with van der Waals surface area (Å²) < 4.78 is 0. The quantitative estimate of drug-likeness (QED) is 0.575. The Hall–Kier alpha value is -1.55. The molecule has 0 saturated carbocycles. The summed E-state index contributed by atoms with van der Waals surface area (Å²) in [4.78, 5) is 3.39. The Kier molecular flexibility index (Phi) is 2.65. The van der Waals surface area contributed by atoms with Crippen LogP contribution in [0.2, 0.25) is 0 Å². The molecule has 1 aromatic rings. The van der Waals surface area contributed by atoms with E-state index in [1.165, 1.54) is 36.8 Å². The lowest BCUT2D eigenvalue weighted by molar-refractivity contribution is 0.742. The van der Waals surface area contributed by atoms with E-state index in [-0.39, 0.29) is 0 Å². The van der Waals surface area contributed by atoms with Gasteiger partial charge in [0, 0.05) is 0 Å². The van der Waals surface area contributed by atoms with Crippen molar-refractivity contribution in [3.8, 4) is 0 Å². The molecule has 0 saturated heterocycles. The third-order valence-electron chi connectivity index (χ3n) is 2.66. The van der Waals surface area contributed by atoms with Crippen molar-refractivity contribution in [3.63, 3.8) is 0 Å². The monoisotopic (exact) mass is 183 g/mol. The Morgan fingerprint density at radius 3 is 2.43 bits per heavy atom. The van der Waals surface area contributed by atoms with E-state index >= 15 is 0 Å². The highest BCUT2D eigenvalue weighted by atomic mass is 14.6. The van der Waals surface area contributed by atoms with Crippen molar-refractivity contribution in [2.75, 3.05) is 0 Å². The van der Waals surface area contributed by atoms with E-state index in [9.17, 15) is 0 Å². The lowest BCUT2D eigenvalue weighted by atomic mass is 9.94. The second-order valence-corrected chi connectivity index (χ2v) is 3.63. The first-order valence-electron chi connectivity index (χ1n) is 5.07. The summed E-state index contributed by atoms with van der Waals surface area (Å²) in [5.74, 6) is 0. The molecule has 0 fully saturated rings. The maximum Gasteiger partial charge on any atom is 0.187 e. The van der Waals surface area contributed by atoms with Gasteiger partial charge < -0.3 is 0 Å². The molecule has 1 aliphatic rings. The molecule has 1 heteroatoms. The number of hydrogen-bond donors (Lipinski definition) is 0. The summed E-state index contributed by atoms with van der Waals surface area (Å²) >= 11 is 0. The lowest BCUT2D eigenvalue weighted by Crippen LogP contribution is -1.90. The Morgan fingerprint density at radius 2 is 1.86 bits per heavy atom. The first-order chi connectivity index (χ1) is 6.90. The number of hydrogen-bond acceptors (Lipinski definition) is 0. The van der Waals surface area contributed by atoms with Crippen molar-refractivity contribution >= 4 is 11.3 Å². The van der Waals surface area contributed by atoms with Crippen LogP contribution in [0, 0.1) is 6.57 Å². The highest BCUT2D eigenvalue weighted by molar-refractivity contribution is 5.67. The fraction of sp³-hybridized carbons (Fsp3) is 0.308. The Bertz CT molecular complexity index is 379. The minimum Gasteiger partial charge on any atom is -0.238 e. The minimum absolute atomic E-state index is 0.727. The molecule has 0 N–H and O–H groups in total. The minimum atomic E-state index is 0.727. The second kappa shape index (κ2) is 4.11. The summed E-state index contributed by atoms with van der Waals surface area (Å²) in [5.41, 5.74) is 3.47. The third-order valence-corrected chi connectivity index (χ3v) is 2.66. The first kappa shape index (κ1) is 9.02. The number of rotatable bonds is 1. The molecule has 0 atom stereocenters. The van der Waals surface area contributed by atoms with E-state index in [0.29, 0.717) is 0 Å². The standard InChI is InChI=1S/C13H13N/c1-14-13-9-7-12(8-10-13)11-5-3-2-4-6-11/h5,7-10H,2-4,6H2. The Labute approximate surface area is 84.9 Å². The molecule has 0 bridgehead atoms. The average Bonchev–Trinajstić information content (AvgIpc) is 2.30. The molecule has 1 nitrogen and oxygen atoms in total. The molecule has 1 aromatic carbocycles. The fourth-order valence-corrected chi connectivity index (χ4v) is 1.85. The zero-order valence-electron chi connectivity index (χ0n) is 8.16. The normalized spacial score (nSPS) is 15.8. The van der Waals surface area contributed by atoms with Gasteiger partial charge in [-0.2, -0.15) is 0 Å². The van der Waals surface area contributed by atoms with Gasteiger partial charge in [-0.25, -0.2) is 4.85 Å². The molecule has 0 unspecified atom stereocenters. The van der Waals surface area contributed by atoms with Crippen LogP contribution < -0.4 is 0 Å². The molecule has 0 aliphatic heterocycles. The smallest absolute Gasteiger partial charge is 0.187 e. The van der Waals surface area contributed by atoms with Crippen LogP contribution in [-0.4, -0.2) is 0 Å². The molecule has 0 aromatic heterocycles. The molecular weight excluding hydrogens is 170 g/mol. The van der Waals surface area contributed by atoms with Crippen LogP contribution in [-0.2, 0) is 0 Å². The van der Waals surface area contributed by atoms with Crippen LogP contribution in [0.3, 0.4) is 0 Å². The van der Waals surface area contributed by atoms with Crippen LogP contribution >= 0.6 is 0 Å². The van der Waals surface area contributed by atoms with E-state index in [1.807, 2.05) is 12.1 Å². The first-order valence-corrected chi connectivity index (χ1v) is 5.07. The summed E-state index contributed by atoms with van der Waals surface area (Å²) in [6.45, 7) is 6.87. The van der Waals surface area contributed by atoms with Gasteiger partial charge in [0.1, 0.15) is 0 Å². The Morgan fingerprint density at radius 1 is 1.07 bits per heavy atom. The van der Waals surface area contributed by atoms with Gasteiger partial charge in [-0.15, -0.1) is 0 Å². The molecular formula is C13H13N. The van der Waals surface area contributed by atoms with Crippen LogP contribution in [0.1, 0.15) is 31.2 Å². The van der Waals surface area contributed by atoms with Crippen molar-refractivity contribution < 1.29 is 0 Å². The maximum absolute atomic E-state index is 6.87. The van der Waals surface area contributed by atoms with Gasteiger partial charge in [0.15, 0.2) is 5.69 Å². The lowest BCUT2D eigenvalue weighted by Gasteiger charge is -2.12. The second-order valence-electron chi connectivity index (χ2n) is 3.63. The van der Waals surface area contributed by atoms with Crippen molar-refractivity contribution in [1.82, 2.24) is 0 Å². The van der Waals surface area contributed by atoms with Crippen LogP contribution in [0.4, 0.5) is 5.69 Å². The van der Waals surface area contributed by atoms with Crippen molar-refractivity contribution in [2.45, 2.75) is 25.7 Å². The van der Waals surface area contributed by atoms with Gasteiger partial charge in [-0.1, -0.05) is 30.3 Å². The van der Waals surface area contributed by atoms with Gasteiger partial charge in [-0.3, -0.25) is 0 Å². The molecule has 0 radical (unpaired) electrons. The summed E-state index contributed by atoms with van der Waals surface area (Å²) in [5, 5.41) is 0. The van der Waals surface area contributed by atoms with Gasteiger partial charge in [0.2, 0.25) is 0 Å². The summed E-state index contributed by atoms with van der Waals surface area (Å²) in [6, 6.07) is 7.92. The van der Waals surface area contributed by atoms with Crippen LogP contribution in [0.5, 0.6) is 0 Å². The van der Waals surface area contributed by atoms with Crippen molar-refractivity contribution in [1.29, 1.82) is 0 Å². The molecule has 0 amide bonds. The molecule has 0 heterocycles. The van der Waals surface area contributed by atoms with Gasteiger partial charge in [0.05, 0.1) is 6.57 Å². The predicted octanol–water partition coefficient (Wildman–Crippen LogP) is 4.19. The predicted molar refractivity (Wildman–Crippen MR) is 59.1 cm³/mol. The third kappa shape index (κ3) is 1.85. The van der Waals surface area contributed by atoms with Crippen LogP contribution in [0.15, 0.2) is 30.3 Å². The highest BCUT2D eigenvalue weighted by Gasteiger charge is 2.05. The van der Waals surface area contributed by atoms with Gasteiger partial charge >= 0.3 is 0 Å². The highest BCUT2D eigenvalue weighted by Crippen LogP contribution is 2.27. The summed E-state index contributed by atoms with van der Waals surface area (Å²) in [6.07, 6.45) is 7.35. The van der Waals surface area contributed by atoms with Crippen molar-refractivity contribution in [2.24, 2.45) is 0 Å². The summed E-state index contributed by atoms with van der Waals surface area (Å²) in [7, 11) is 0. The average molecular weight is 183 g/mol. The van der Waals surface area contributed by atoms with E-state index < -0.39 is 0 Å². The van der Waals surface area contributed by atoms with E-state index in [1.54, 1.807) is 0 Å². The number of allylic oxidation sites excluding steroid dienone is 2. The molecule has 2 rings (SSSR count). The van der Waals surface area contributed by atoms with E-state index in [2.05, 4.69) is 23.1 Å². The van der Waals surface area contributed by atoms with Crippen LogP contribution in [0.25, 0.3) is 10.4 Å². The molecule has 1 aliphatic carbocycles. The zero-order valence-corrected chi connectivity index (χ0v) is 8.16. The Balaban J connectivity index is 2.25. The van der Waals surface area contributed by atoms with E-state index in [4.69, 9.17) is 6.57 Å². The maximum atomic E-state index is 6.87. The number of benzene rings is 1. The molecule has 0 spiro atoms. The van der Waals surface area contributed by atoms with Crippen molar-refractivity contribution in [3.05, 3.63) is 47.3 Å². The van der Waals surface area contributed by atoms with Gasteiger partial charge in [-0.05, 0) is 36.8 Å². The molecule has 14 heavy (non-hydrogen) atoms. The van der Waals surface area contributed by atoms with E-state index in [0.717, 1.165) is 5.69 Å². The fourth-order valence-electron chi connectivity index (χ4n) is 1.85. The molecule has 70 valence electrons. The number of nitrogens with zero attached hydrogens (tertiary/aromatic N) is 1.